The van der Waals surface area contributed by atoms with Crippen molar-refractivity contribution in [1.82, 2.24) is 15.5 Å². The molecule has 1 heterocycles. The van der Waals surface area contributed by atoms with E-state index in [-0.39, 0.29) is 23.8 Å². The lowest BCUT2D eigenvalue weighted by Gasteiger charge is -2.30. The molecule has 2 N–H and O–H groups in total. The van der Waals surface area contributed by atoms with Crippen LogP contribution in [0.25, 0.3) is 0 Å². The Morgan fingerprint density at radius 1 is 1.06 bits per heavy atom. The van der Waals surface area contributed by atoms with Gasteiger partial charge in [-0.15, -0.1) is 0 Å². The summed E-state index contributed by atoms with van der Waals surface area (Å²) < 4.78 is 5.14. The van der Waals surface area contributed by atoms with E-state index in [1.54, 1.807) is 31.4 Å². The molecule has 0 unspecified atom stereocenters. The average molecular weight is 458 g/mol. The van der Waals surface area contributed by atoms with E-state index in [9.17, 15) is 9.59 Å². The standard InChI is InChI=1S/C25H32ClN3O3/c1-17(2)23(28-24(30)18-10-12-19(32-3)13-11-18)25(31)27-16-22(29-14-6-7-15-29)20-8-4-5-9-21(20)26/h4-5,8-13,17,22-23H,6-7,14-16H2,1-3H3,(H,27,31)(H,28,30)/t22-,23+/m1/s1. The van der Waals surface area contributed by atoms with E-state index in [1.807, 2.05) is 38.1 Å². The second kappa shape index (κ2) is 11.3. The maximum absolute atomic E-state index is 13.1. The second-order valence-electron chi connectivity index (χ2n) is 8.45. The highest BCUT2D eigenvalue weighted by molar-refractivity contribution is 6.31. The molecule has 0 aromatic heterocycles. The first-order chi connectivity index (χ1) is 15.4. The first-order valence-electron chi connectivity index (χ1n) is 11.1. The van der Waals surface area contributed by atoms with Gasteiger partial charge in [-0.25, -0.2) is 0 Å². The molecule has 6 nitrogen and oxygen atoms in total. The van der Waals surface area contributed by atoms with E-state index < -0.39 is 6.04 Å². The average Bonchev–Trinajstić information content (AvgIpc) is 3.33. The smallest absolute Gasteiger partial charge is 0.251 e. The van der Waals surface area contributed by atoms with E-state index in [4.69, 9.17) is 16.3 Å². The zero-order valence-corrected chi connectivity index (χ0v) is 19.7. The molecule has 2 amide bonds. The molecule has 1 saturated heterocycles. The summed E-state index contributed by atoms with van der Waals surface area (Å²) in [6, 6.07) is 14.0. The fraction of sp³-hybridized carbons (Fsp3) is 0.440. The van der Waals surface area contributed by atoms with Gasteiger partial charge >= 0.3 is 0 Å². The van der Waals surface area contributed by atoms with Crippen LogP contribution in [0.3, 0.4) is 0 Å². The summed E-state index contributed by atoms with van der Waals surface area (Å²) in [4.78, 5) is 28.2. The predicted molar refractivity (Wildman–Crippen MR) is 127 cm³/mol. The van der Waals surface area contributed by atoms with E-state index in [0.717, 1.165) is 31.5 Å². The van der Waals surface area contributed by atoms with Crippen molar-refractivity contribution in [1.29, 1.82) is 0 Å². The lowest BCUT2D eigenvalue weighted by molar-refractivity contribution is -0.124. The van der Waals surface area contributed by atoms with Gasteiger partial charge in [0, 0.05) is 17.1 Å². The highest BCUT2D eigenvalue weighted by atomic mass is 35.5. The van der Waals surface area contributed by atoms with Crippen molar-refractivity contribution in [3.8, 4) is 5.75 Å². The van der Waals surface area contributed by atoms with Crippen LogP contribution in [0.1, 0.15) is 48.7 Å². The maximum Gasteiger partial charge on any atom is 0.251 e. The van der Waals surface area contributed by atoms with E-state index in [2.05, 4.69) is 15.5 Å². The van der Waals surface area contributed by atoms with Crippen LogP contribution in [0.4, 0.5) is 0 Å². The third-order valence-corrected chi connectivity index (χ3v) is 6.25. The van der Waals surface area contributed by atoms with Crippen LogP contribution in [0.2, 0.25) is 5.02 Å². The first kappa shape index (κ1) is 24.1. The Balaban J connectivity index is 1.68. The number of benzene rings is 2. The number of methoxy groups -OCH3 is 1. The predicted octanol–water partition coefficient (Wildman–Crippen LogP) is 4.06. The fourth-order valence-corrected chi connectivity index (χ4v) is 4.31. The Morgan fingerprint density at radius 2 is 1.72 bits per heavy atom. The second-order valence-corrected chi connectivity index (χ2v) is 8.86. The van der Waals surface area contributed by atoms with Gasteiger partial charge in [-0.1, -0.05) is 43.6 Å². The normalized spacial score (nSPS) is 15.9. The molecule has 2 atom stereocenters. The van der Waals surface area contributed by atoms with Crippen molar-refractivity contribution < 1.29 is 14.3 Å². The van der Waals surface area contributed by atoms with Gasteiger partial charge in [-0.05, 0) is 67.7 Å². The van der Waals surface area contributed by atoms with Crippen molar-refractivity contribution in [2.24, 2.45) is 5.92 Å². The minimum Gasteiger partial charge on any atom is -0.497 e. The lowest BCUT2D eigenvalue weighted by Crippen LogP contribution is -2.51. The molecule has 1 aliphatic heterocycles. The van der Waals surface area contributed by atoms with Gasteiger partial charge in [0.05, 0.1) is 13.2 Å². The van der Waals surface area contributed by atoms with Crippen LogP contribution in [-0.2, 0) is 4.79 Å². The molecule has 2 aromatic rings. The number of amides is 2. The molecule has 0 radical (unpaired) electrons. The molecular formula is C25H32ClN3O3. The molecular weight excluding hydrogens is 426 g/mol. The minimum atomic E-state index is -0.643. The van der Waals surface area contributed by atoms with Gasteiger partial charge in [0.25, 0.3) is 5.91 Å². The topological polar surface area (TPSA) is 70.7 Å². The molecule has 1 fully saturated rings. The van der Waals surface area contributed by atoms with E-state index in [1.165, 1.54) is 0 Å². The van der Waals surface area contributed by atoms with Crippen LogP contribution in [0.5, 0.6) is 5.75 Å². The van der Waals surface area contributed by atoms with Gasteiger partial charge in [-0.3, -0.25) is 14.5 Å². The van der Waals surface area contributed by atoms with Gasteiger partial charge in [0.1, 0.15) is 11.8 Å². The molecule has 172 valence electrons. The third-order valence-electron chi connectivity index (χ3n) is 5.90. The Kier molecular flexibility index (Phi) is 8.53. The SMILES string of the molecule is COc1ccc(C(=O)N[C@H](C(=O)NC[C@H](c2ccccc2Cl)N2CCCC2)C(C)C)cc1. The van der Waals surface area contributed by atoms with Gasteiger partial charge in [0.15, 0.2) is 0 Å². The number of ether oxygens (including phenoxy) is 1. The summed E-state index contributed by atoms with van der Waals surface area (Å²) in [5.74, 6) is 0.122. The number of halogens is 1. The van der Waals surface area contributed by atoms with Crippen LogP contribution < -0.4 is 15.4 Å². The summed E-state index contributed by atoms with van der Waals surface area (Å²) in [6.45, 7) is 6.24. The zero-order chi connectivity index (χ0) is 23.1. The number of carbonyl (C=O) groups is 2. The molecule has 0 aliphatic carbocycles. The molecule has 32 heavy (non-hydrogen) atoms. The lowest BCUT2D eigenvalue weighted by atomic mass is 10.0. The highest BCUT2D eigenvalue weighted by Crippen LogP contribution is 2.29. The Hall–Kier alpha value is -2.57. The molecule has 0 spiro atoms. The minimum absolute atomic E-state index is 0.000233. The van der Waals surface area contributed by atoms with Crippen LogP contribution >= 0.6 is 11.6 Å². The highest BCUT2D eigenvalue weighted by Gasteiger charge is 2.29. The van der Waals surface area contributed by atoms with Crippen molar-refractivity contribution in [3.63, 3.8) is 0 Å². The number of nitrogens with zero attached hydrogens (tertiary/aromatic N) is 1. The Labute approximate surface area is 195 Å². The van der Waals surface area contributed by atoms with Crippen molar-refractivity contribution in [2.75, 3.05) is 26.7 Å². The van der Waals surface area contributed by atoms with E-state index >= 15 is 0 Å². The summed E-state index contributed by atoms with van der Waals surface area (Å²) >= 11 is 6.48. The summed E-state index contributed by atoms with van der Waals surface area (Å²) in [6.07, 6.45) is 2.28. The number of likely N-dealkylation sites (tertiary alicyclic amines) is 1. The molecule has 3 rings (SSSR count). The van der Waals surface area contributed by atoms with Crippen molar-refractivity contribution >= 4 is 23.4 Å². The summed E-state index contributed by atoms with van der Waals surface area (Å²) in [5, 5.41) is 6.65. The number of rotatable bonds is 9. The monoisotopic (exact) mass is 457 g/mol. The van der Waals surface area contributed by atoms with Crippen molar-refractivity contribution in [3.05, 3.63) is 64.7 Å². The van der Waals surface area contributed by atoms with Gasteiger partial charge in [0.2, 0.25) is 5.91 Å². The van der Waals surface area contributed by atoms with Crippen molar-refractivity contribution in [2.45, 2.75) is 38.8 Å². The first-order valence-corrected chi connectivity index (χ1v) is 11.5. The quantitative estimate of drug-likeness (QED) is 0.595. The van der Waals surface area contributed by atoms with Gasteiger partial charge < -0.3 is 15.4 Å². The number of hydrogen-bond donors (Lipinski definition) is 2. The molecule has 0 bridgehead atoms. The van der Waals surface area contributed by atoms with Crippen LogP contribution in [0.15, 0.2) is 48.5 Å². The Morgan fingerprint density at radius 3 is 2.31 bits per heavy atom. The number of carbonyl (C=O) groups excluding carboxylic acids is 2. The molecule has 2 aromatic carbocycles. The summed E-state index contributed by atoms with van der Waals surface area (Å²) in [5.41, 5.74) is 1.50. The molecule has 7 heteroatoms. The summed E-state index contributed by atoms with van der Waals surface area (Å²) in [7, 11) is 1.58. The third kappa shape index (κ3) is 6.02. The molecule has 1 aliphatic rings. The maximum atomic E-state index is 13.1. The molecule has 0 saturated carbocycles. The fourth-order valence-electron chi connectivity index (χ4n) is 4.04. The van der Waals surface area contributed by atoms with Crippen LogP contribution in [-0.4, -0.2) is 49.5 Å². The van der Waals surface area contributed by atoms with Crippen LogP contribution in [0, 0.1) is 5.92 Å². The van der Waals surface area contributed by atoms with E-state index in [0.29, 0.717) is 22.9 Å². The van der Waals surface area contributed by atoms with Gasteiger partial charge in [-0.2, -0.15) is 0 Å². The zero-order valence-electron chi connectivity index (χ0n) is 18.9. The number of hydrogen-bond acceptors (Lipinski definition) is 4. The largest absolute Gasteiger partial charge is 0.497 e. The Bertz CT molecular complexity index is 911. The number of nitrogens with one attached hydrogen (secondary N) is 2.